The second kappa shape index (κ2) is 18.0. The summed E-state index contributed by atoms with van der Waals surface area (Å²) < 4.78 is 35.8. The maximum Gasteiger partial charge on any atom is 0.181 e. The van der Waals surface area contributed by atoms with Crippen LogP contribution in [-0.4, -0.2) is 55.0 Å². The number of unbranched alkanes of at least 4 members (excludes halogenated alkanes) is 8. The predicted molar refractivity (Wildman–Crippen MR) is 114 cm³/mol. The topological polar surface area (TPSA) is 83.5 Å². The second-order valence-electron chi connectivity index (χ2n) is 7.16. The van der Waals surface area contributed by atoms with Gasteiger partial charge in [0.2, 0.25) is 0 Å². The molecule has 0 saturated carbocycles. The zero-order valence-electron chi connectivity index (χ0n) is 17.4. The van der Waals surface area contributed by atoms with Crippen molar-refractivity contribution in [1.82, 2.24) is 0 Å². The summed E-state index contributed by atoms with van der Waals surface area (Å²) in [5.74, 6) is 3.34. The molecule has 0 N–H and O–H groups in total. The van der Waals surface area contributed by atoms with Crippen LogP contribution in [0.25, 0.3) is 0 Å². The molecule has 0 radical (unpaired) electrons. The van der Waals surface area contributed by atoms with Crippen LogP contribution in [0.15, 0.2) is 0 Å². The van der Waals surface area contributed by atoms with E-state index in [1.54, 1.807) is 0 Å². The van der Waals surface area contributed by atoms with Crippen molar-refractivity contribution in [2.45, 2.75) is 84.5 Å². The van der Waals surface area contributed by atoms with Gasteiger partial charge in [0.1, 0.15) is 11.5 Å². The summed E-state index contributed by atoms with van der Waals surface area (Å²) in [6, 6.07) is 0. The Bertz CT molecular complexity index is 445. The number of hydrogen-bond donors (Lipinski definition) is 0. The molecule has 162 valence electrons. The van der Waals surface area contributed by atoms with Gasteiger partial charge in [0.05, 0.1) is 23.3 Å². The van der Waals surface area contributed by atoms with Gasteiger partial charge in [-0.1, -0.05) is 65.2 Å². The molecule has 0 spiro atoms. The van der Waals surface area contributed by atoms with E-state index < -0.39 is 10.1 Å². The van der Waals surface area contributed by atoms with Crippen LogP contribution in [0.1, 0.15) is 84.5 Å². The fraction of sp³-hybridized carbons (Fsp3) is 0.950. The average Bonchev–Trinajstić information content (AvgIpc) is 2.62. The van der Waals surface area contributed by atoms with E-state index in [-0.39, 0.29) is 5.75 Å². The van der Waals surface area contributed by atoms with Crippen molar-refractivity contribution < 1.29 is 22.5 Å². The van der Waals surface area contributed by atoms with Gasteiger partial charge in [-0.05, 0) is 23.7 Å². The van der Waals surface area contributed by atoms with Crippen LogP contribution < -0.4 is 0 Å². The Labute approximate surface area is 170 Å². The Kier molecular flexibility index (Phi) is 17.9. The van der Waals surface area contributed by atoms with E-state index in [4.69, 9.17) is 4.74 Å². The highest BCUT2D eigenvalue weighted by atomic mass is 32.2. The van der Waals surface area contributed by atoms with Gasteiger partial charge in [0.15, 0.2) is 11.5 Å². The van der Waals surface area contributed by atoms with E-state index in [9.17, 15) is 17.8 Å². The smallest absolute Gasteiger partial charge is 0.181 e. The summed E-state index contributed by atoms with van der Waals surface area (Å²) in [5, 5.41) is 0. The molecular weight excluding hydrogens is 384 g/mol. The Morgan fingerprint density at radius 3 is 1.96 bits per heavy atom. The molecule has 0 aromatic rings. The van der Waals surface area contributed by atoms with Crippen LogP contribution >= 0.6 is 0 Å². The minimum atomic E-state index is -3.97. The third kappa shape index (κ3) is 20.4. The molecule has 0 unspecified atom stereocenters. The SMILES string of the molecule is CCCCCCC(=O)C[S+]1CCOCC1.CCCCCCCCS(=O)(=O)[O-]. The molecule has 1 aliphatic rings. The lowest BCUT2D eigenvalue weighted by Gasteiger charge is -2.13. The molecule has 1 saturated heterocycles. The Morgan fingerprint density at radius 2 is 1.41 bits per heavy atom. The summed E-state index contributed by atoms with van der Waals surface area (Å²) in [6.07, 6.45) is 11.6. The first-order valence-corrected chi connectivity index (χ1v) is 13.9. The molecule has 1 aliphatic heterocycles. The molecule has 0 atom stereocenters. The first kappa shape index (κ1) is 26.9. The first-order chi connectivity index (χ1) is 12.9. The average molecular weight is 425 g/mol. The fourth-order valence-corrected chi connectivity index (χ4v) is 5.17. The summed E-state index contributed by atoms with van der Waals surface area (Å²) in [5.41, 5.74) is 0. The van der Waals surface area contributed by atoms with Crippen molar-refractivity contribution in [3.63, 3.8) is 0 Å². The molecule has 0 aliphatic carbocycles. The van der Waals surface area contributed by atoms with Crippen molar-refractivity contribution in [2.24, 2.45) is 0 Å². The number of rotatable bonds is 14. The summed E-state index contributed by atoms with van der Waals surface area (Å²) in [4.78, 5) is 11.6. The highest BCUT2D eigenvalue weighted by Crippen LogP contribution is 2.08. The van der Waals surface area contributed by atoms with Crippen molar-refractivity contribution in [2.75, 3.05) is 36.2 Å². The van der Waals surface area contributed by atoms with Crippen LogP contribution in [0.5, 0.6) is 0 Å². The number of hydrogen-bond acceptors (Lipinski definition) is 5. The van der Waals surface area contributed by atoms with Gasteiger partial charge in [-0.2, -0.15) is 0 Å². The molecule has 1 fully saturated rings. The molecule has 1 heterocycles. The molecular formula is C20H40O5S2. The number of ether oxygens (including phenoxy) is 1. The third-order valence-electron chi connectivity index (χ3n) is 4.45. The lowest BCUT2D eigenvalue weighted by Crippen LogP contribution is -2.31. The Balaban J connectivity index is 0.000000516. The molecule has 0 aromatic carbocycles. The van der Waals surface area contributed by atoms with Crippen LogP contribution in [-0.2, 0) is 30.5 Å². The van der Waals surface area contributed by atoms with Crippen LogP contribution in [0.2, 0.25) is 0 Å². The lowest BCUT2D eigenvalue weighted by atomic mass is 10.1. The van der Waals surface area contributed by atoms with E-state index in [1.165, 1.54) is 32.1 Å². The number of ketones is 1. The number of Topliss-reactive ketones (excluding diaryl/α,β-unsaturated/α-hetero) is 1. The van der Waals surface area contributed by atoms with Gasteiger partial charge in [0.25, 0.3) is 0 Å². The van der Waals surface area contributed by atoms with Crippen LogP contribution in [0, 0.1) is 0 Å². The summed E-state index contributed by atoms with van der Waals surface area (Å²) >= 11 is 0. The number of carbonyl (C=O) groups is 1. The molecule has 0 amide bonds. The molecule has 7 heteroatoms. The minimum absolute atomic E-state index is 0.195. The minimum Gasteiger partial charge on any atom is -0.748 e. The fourth-order valence-electron chi connectivity index (χ4n) is 2.81. The zero-order chi connectivity index (χ0) is 20.4. The zero-order valence-corrected chi connectivity index (χ0v) is 19.0. The molecule has 1 rings (SSSR count). The van der Waals surface area contributed by atoms with Gasteiger partial charge in [-0.3, -0.25) is 4.79 Å². The highest BCUT2D eigenvalue weighted by Gasteiger charge is 2.24. The first-order valence-electron chi connectivity index (χ1n) is 10.6. The van der Waals surface area contributed by atoms with E-state index in [2.05, 4.69) is 13.8 Å². The largest absolute Gasteiger partial charge is 0.748 e. The van der Waals surface area contributed by atoms with Gasteiger partial charge in [-0.25, -0.2) is 8.42 Å². The van der Waals surface area contributed by atoms with E-state index in [0.29, 0.717) is 23.1 Å². The van der Waals surface area contributed by atoms with Gasteiger partial charge < -0.3 is 9.29 Å². The molecule has 27 heavy (non-hydrogen) atoms. The summed E-state index contributed by atoms with van der Waals surface area (Å²) in [7, 11) is -3.62. The molecule has 0 aromatic heterocycles. The quantitative estimate of drug-likeness (QED) is 0.238. The van der Waals surface area contributed by atoms with Crippen LogP contribution in [0.3, 0.4) is 0 Å². The van der Waals surface area contributed by atoms with Crippen molar-refractivity contribution >= 4 is 26.8 Å². The van der Waals surface area contributed by atoms with E-state index >= 15 is 0 Å². The predicted octanol–water partition coefficient (Wildman–Crippen LogP) is 4.07. The maximum atomic E-state index is 11.6. The van der Waals surface area contributed by atoms with Gasteiger partial charge >= 0.3 is 0 Å². The van der Waals surface area contributed by atoms with Crippen LogP contribution in [0.4, 0.5) is 0 Å². The second-order valence-corrected chi connectivity index (χ2v) is 11.0. The summed E-state index contributed by atoms with van der Waals surface area (Å²) in [6.45, 7) is 6.06. The van der Waals surface area contributed by atoms with Crippen molar-refractivity contribution in [3.8, 4) is 0 Å². The highest BCUT2D eigenvalue weighted by molar-refractivity contribution is 7.97. The van der Waals surface area contributed by atoms with Crippen molar-refractivity contribution in [1.29, 1.82) is 0 Å². The van der Waals surface area contributed by atoms with Gasteiger partial charge in [0, 0.05) is 12.2 Å². The van der Waals surface area contributed by atoms with E-state index in [0.717, 1.165) is 62.6 Å². The maximum absolute atomic E-state index is 11.6. The normalized spacial score (nSPS) is 15.2. The Morgan fingerprint density at radius 1 is 0.889 bits per heavy atom. The molecule has 5 nitrogen and oxygen atoms in total. The number of carbonyl (C=O) groups excluding carboxylic acids is 1. The lowest BCUT2D eigenvalue weighted by molar-refractivity contribution is -0.116. The van der Waals surface area contributed by atoms with Crippen molar-refractivity contribution in [3.05, 3.63) is 0 Å². The van der Waals surface area contributed by atoms with E-state index in [1.807, 2.05) is 0 Å². The Hall–Kier alpha value is -0.110. The molecule has 0 bridgehead atoms. The monoisotopic (exact) mass is 424 g/mol. The van der Waals surface area contributed by atoms with Gasteiger partial charge in [-0.15, -0.1) is 0 Å². The standard InChI is InChI=1S/C12H23O2S.C8H18O3S/c1-2-3-4-5-6-12(13)11-15-9-7-14-8-10-15;1-2-3-4-5-6-7-8-12(9,10)11/h2-11H2,1H3;2-8H2,1H3,(H,9,10,11)/q+1;/p-1. The third-order valence-corrected chi connectivity index (χ3v) is 7.46.